The molecule has 136 valence electrons. The first-order valence-electron chi connectivity index (χ1n) is 6.96. The van der Waals surface area contributed by atoms with Crippen molar-refractivity contribution in [1.82, 2.24) is 4.90 Å². The molecule has 0 aromatic carbocycles. The molecule has 0 radical (unpaired) electrons. The summed E-state index contributed by atoms with van der Waals surface area (Å²) in [5.41, 5.74) is 16.4. The maximum atomic E-state index is 7.43. The van der Waals surface area contributed by atoms with Crippen LogP contribution in [0.15, 0.2) is 9.98 Å². The molecule has 0 heterocycles. The summed E-state index contributed by atoms with van der Waals surface area (Å²) in [6.45, 7) is 5.54. The maximum absolute atomic E-state index is 7.43. The van der Waals surface area contributed by atoms with E-state index in [0.717, 1.165) is 58.5 Å². The Hall–Kier alpha value is -1.93. The van der Waals surface area contributed by atoms with Crippen LogP contribution in [0.25, 0.3) is 10.8 Å². The summed E-state index contributed by atoms with van der Waals surface area (Å²) < 4.78 is 0. The fraction of sp³-hybridized carbons (Fsp3) is 0.692. The first kappa shape index (κ1) is 30.0. The van der Waals surface area contributed by atoms with Crippen molar-refractivity contribution in [2.24, 2.45) is 27.2 Å². The van der Waals surface area contributed by atoms with Crippen LogP contribution in [0.1, 0.15) is 19.3 Å². The van der Waals surface area contributed by atoms with Gasteiger partial charge in [-0.1, -0.05) is 0 Å². The number of hydrogen-bond donors (Lipinski definition) is 3. The molecule has 0 aromatic heterocycles. The van der Waals surface area contributed by atoms with Gasteiger partial charge >= 0.3 is 16.5 Å². The van der Waals surface area contributed by atoms with Gasteiger partial charge in [-0.3, -0.25) is 0 Å². The SMILES string of the molecule is N#CN=C=[N-].N#CN=C=[N-].NCCCN(CCCN)CCCN.[Ni+2]. The zero-order chi connectivity index (χ0) is 18.2. The van der Waals surface area contributed by atoms with Gasteiger partial charge in [-0.15, -0.1) is 12.0 Å². The molecule has 0 amide bonds. The second-order valence-electron chi connectivity index (χ2n) is 3.89. The minimum atomic E-state index is 0. The first-order chi connectivity index (χ1) is 11.2. The van der Waals surface area contributed by atoms with Crippen LogP contribution in [0.4, 0.5) is 0 Å². The molecule has 10 nitrogen and oxygen atoms in total. The third-order valence-electron chi connectivity index (χ3n) is 2.24. The second kappa shape index (κ2) is 32.9. The molecule has 0 saturated carbocycles. The van der Waals surface area contributed by atoms with E-state index in [0.29, 0.717) is 0 Å². The predicted octanol–water partition coefficient (Wildman–Crippen LogP) is -0.246. The monoisotopic (exact) mass is 378 g/mol. The number of nitrogens with zero attached hydrogens (tertiary/aromatic N) is 7. The molecule has 0 aromatic rings. The summed E-state index contributed by atoms with van der Waals surface area (Å²) in [5.74, 6) is 0. The van der Waals surface area contributed by atoms with Crippen LogP contribution in [-0.2, 0) is 16.5 Å². The van der Waals surface area contributed by atoms with Crippen molar-refractivity contribution in [3.8, 4) is 12.4 Å². The average molecular weight is 379 g/mol. The van der Waals surface area contributed by atoms with E-state index in [2.05, 4.69) is 14.9 Å². The predicted molar refractivity (Wildman–Crippen MR) is 90.3 cm³/mol. The number of rotatable bonds is 9. The molecule has 0 aliphatic heterocycles. The minimum absolute atomic E-state index is 0. The standard InChI is InChI=1S/C9H24N4.2C2N3.Ni/c10-4-1-7-13(8-2-5-11)9-3-6-12;2*3-1-5-2-4;/h1-12H2;;;/q;2*-1;+2. The maximum Gasteiger partial charge on any atom is 2.00 e. The van der Waals surface area contributed by atoms with E-state index in [-0.39, 0.29) is 16.5 Å². The fourth-order valence-electron chi connectivity index (χ4n) is 1.32. The van der Waals surface area contributed by atoms with Crippen LogP contribution in [0.3, 0.4) is 0 Å². The van der Waals surface area contributed by atoms with E-state index >= 15 is 0 Å². The Bertz CT molecular complexity index is 368. The molecule has 0 rings (SSSR count). The minimum Gasteiger partial charge on any atom is -0.422 e. The molecule has 0 saturated heterocycles. The van der Waals surface area contributed by atoms with E-state index in [1.807, 2.05) is 0 Å². The van der Waals surface area contributed by atoms with Gasteiger partial charge in [0.15, 0.2) is 0 Å². The van der Waals surface area contributed by atoms with Gasteiger partial charge in [0, 0.05) is 0 Å². The van der Waals surface area contributed by atoms with Crippen molar-refractivity contribution in [3.63, 3.8) is 0 Å². The number of nitrogens with two attached hydrogens (primary N) is 3. The molecule has 0 bridgehead atoms. The molecule has 11 heteroatoms. The third kappa shape index (κ3) is 36.9. The van der Waals surface area contributed by atoms with Crippen molar-refractivity contribution in [2.75, 3.05) is 39.3 Å². The second-order valence-corrected chi connectivity index (χ2v) is 3.89. The molecule has 0 aliphatic rings. The van der Waals surface area contributed by atoms with Crippen molar-refractivity contribution in [2.45, 2.75) is 19.3 Å². The molecule has 0 aliphatic carbocycles. The van der Waals surface area contributed by atoms with Gasteiger partial charge in [0.25, 0.3) is 0 Å². The molecule has 0 unspecified atom stereocenters. The average Bonchev–Trinajstić information content (AvgIpc) is 2.57. The van der Waals surface area contributed by atoms with Gasteiger partial charge in [0.1, 0.15) is 0 Å². The molecular weight excluding hydrogens is 355 g/mol. The van der Waals surface area contributed by atoms with Crippen molar-refractivity contribution in [1.29, 1.82) is 10.5 Å². The summed E-state index contributed by atoms with van der Waals surface area (Å²) in [6, 6.07) is 2.56. The van der Waals surface area contributed by atoms with Crippen molar-refractivity contribution in [3.05, 3.63) is 10.8 Å². The topological polar surface area (TPSA) is 198 Å². The van der Waals surface area contributed by atoms with Gasteiger partial charge in [-0.25, -0.2) is 0 Å². The molecular formula is C13H24N10Ni. The third-order valence-corrected chi connectivity index (χ3v) is 2.24. The summed E-state index contributed by atoms with van der Waals surface area (Å²) in [6.07, 6.45) is 5.76. The summed E-state index contributed by atoms with van der Waals surface area (Å²) in [4.78, 5) is 7.56. The van der Waals surface area contributed by atoms with E-state index < -0.39 is 0 Å². The smallest absolute Gasteiger partial charge is 0.422 e. The number of aliphatic imine (C=N–C) groups is 2. The van der Waals surface area contributed by atoms with Crippen LogP contribution in [0.5, 0.6) is 0 Å². The van der Waals surface area contributed by atoms with Crippen LogP contribution in [0, 0.1) is 22.9 Å². The van der Waals surface area contributed by atoms with Gasteiger partial charge in [0.05, 0.1) is 12.4 Å². The van der Waals surface area contributed by atoms with E-state index in [1.165, 1.54) is 24.4 Å². The van der Waals surface area contributed by atoms with Crippen LogP contribution in [0.2, 0.25) is 0 Å². The van der Waals surface area contributed by atoms with E-state index in [1.54, 1.807) is 0 Å². The largest absolute Gasteiger partial charge is 2.00 e. The van der Waals surface area contributed by atoms with Crippen molar-refractivity contribution < 1.29 is 16.5 Å². The molecule has 0 spiro atoms. The molecule has 6 N–H and O–H groups in total. The fourth-order valence-corrected chi connectivity index (χ4v) is 1.32. The first-order valence-corrected chi connectivity index (χ1v) is 6.96. The molecule has 24 heavy (non-hydrogen) atoms. The quantitative estimate of drug-likeness (QED) is 0.280. The zero-order valence-corrected chi connectivity index (χ0v) is 14.5. The summed E-state index contributed by atoms with van der Waals surface area (Å²) in [5, 5.41) is 29.7. The Morgan fingerprint density at radius 2 is 1.04 bits per heavy atom. The van der Waals surface area contributed by atoms with Crippen LogP contribution in [-0.4, -0.2) is 56.2 Å². The Morgan fingerprint density at radius 3 is 1.17 bits per heavy atom. The van der Waals surface area contributed by atoms with Crippen LogP contribution < -0.4 is 17.2 Å². The normalized spacial score (nSPS) is 7.58. The number of hydrogen-bond acceptors (Lipinski definition) is 8. The van der Waals surface area contributed by atoms with Gasteiger partial charge in [0.2, 0.25) is 0 Å². The van der Waals surface area contributed by atoms with Gasteiger partial charge in [-0.05, 0) is 58.5 Å². The van der Waals surface area contributed by atoms with E-state index in [9.17, 15) is 0 Å². The Balaban J connectivity index is -0.000000151. The van der Waals surface area contributed by atoms with Gasteiger partial charge in [-0.2, -0.15) is 10.5 Å². The summed E-state index contributed by atoms with van der Waals surface area (Å²) >= 11 is 0. The van der Waals surface area contributed by atoms with Crippen molar-refractivity contribution >= 4 is 12.0 Å². The Morgan fingerprint density at radius 1 is 0.750 bits per heavy atom. The number of nitriles is 2. The molecule has 0 atom stereocenters. The van der Waals surface area contributed by atoms with E-state index in [4.69, 9.17) is 38.5 Å². The Labute approximate surface area is 153 Å². The molecule has 0 fully saturated rings. The zero-order valence-electron chi connectivity index (χ0n) is 13.5. The Kier molecular flexibility index (Phi) is 41.1. The summed E-state index contributed by atoms with van der Waals surface area (Å²) in [7, 11) is 0. The van der Waals surface area contributed by atoms with Gasteiger partial charge < -0.3 is 42.9 Å². The van der Waals surface area contributed by atoms with Crippen LogP contribution >= 0.6 is 0 Å².